The van der Waals surface area contributed by atoms with Crippen molar-refractivity contribution in [2.45, 2.75) is 66.0 Å². The Hall–Kier alpha value is -3.74. The molecular weight excluding hydrogens is 438 g/mol. The van der Waals surface area contributed by atoms with Crippen molar-refractivity contribution in [1.29, 1.82) is 0 Å². The average molecular weight is 472 g/mol. The predicted octanol–water partition coefficient (Wildman–Crippen LogP) is 4.43. The number of nitrogens with zero attached hydrogens (tertiary/aromatic N) is 4. The zero-order valence-corrected chi connectivity index (χ0v) is 20.9. The predicted molar refractivity (Wildman–Crippen MR) is 139 cm³/mol. The number of carbonyl (C=O) groups is 1. The molecule has 1 atom stereocenters. The van der Waals surface area contributed by atoms with E-state index in [0.717, 1.165) is 40.9 Å². The summed E-state index contributed by atoms with van der Waals surface area (Å²) in [6, 6.07) is 18.4. The molecule has 0 fully saturated rings. The lowest BCUT2D eigenvalue weighted by Gasteiger charge is -2.14. The smallest absolute Gasteiger partial charge is 0.295 e. The minimum Gasteiger partial charge on any atom is -0.354 e. The van der Waals surface area contributed by atoms with Crippen molar-refractivity contribution in [2.75, 3.05) is 0 Å². The van der Waals surface area contributed by atoms with Crippen molar-refractivity contribution in [3.63, 3.8) is 0 Å². The van der Waals surface area contributed by atoms with Gasteiger partial charge in [0, 0.05) is 19.0 Å². The Kier molecular flexibility index (Phi) is 7.44. The van der Waals surface area contributed by atoms with E-state index in [9.17, 15) is 9.59 Å². The van der Waals surface area contributed by atoms with Crippen LogP contribution in [-0.4, -0.2) is 31.5 Å². The monoisotopic (exact) mass is 471 g/mol. The Morgan fingerprint density at radius 3 is 2.43 bits per heavy atom. The van der Waals surface area contributed by atoms with Crippen LogP contribution in [0.15, 0.2) is 59.4 Å². The molecule has 0 bridgehead atoms. The summed E-state index contributed by atoms with van der Waals surface area (Å²) >= 11 is 0. The van der Waals surface area contributed by atoms with Crippen LogP contribution in [0.2, 0.25) is 0 Å². The van der Waals surface area contributed by atoms with Gasteiger partial charge < -0.3 is 5.32 Å². The molecule has 4 aromatic rings. The summed E-state index contributed by atoms with van der Waals surface area (Å²) in [5.41, 5.74) is 5.18. The molecule has 2 aromatic heterocycles. The molecule has 0 spiro atoms. The first-order valence-electron chi connectivity index (χ1n) is 12.2. The number of carbonyl (C=O) groups excluding carboxylic acids is 1. The lowest BCUT2D eigenvalue weighted by atomic mass is 10.1. The van der Waals surface area contributed by atoms with Crippen molar-refractivity contribution in [3.8, 4) is 5.69 Å². The van der Waals surface area contributed by atoms with E-state index in [-0.39, 0.29) is 17.5 Å². The molecule has 0 saturated heterocycles. The molecule has 0 saturated carbocycles. The van der Waals surface area contributed by atoms with Crippen LogP contribution in [0.3, 0.4) is 0 Å². The average Bonchev–Trinajstić information content (AvgIpc) is 3.20. The zero-order chi connectivity index (χ0) is 24.9. The highest BCUT2D eigenvalue weighted by Crippen LogP contribution is 2.21. The van der Waals surface area contributed by atoms with E-state index in [2.05, 4.69) is 27.6 Å². The Bertz CT molecular complexity index is 1370. The number of fused-ring (bicyclic) bond motifs is 1. The molecule has 7 heteroatoms. The lowest BCUT2D eigenvalue weighted by molar-refractivity contribution is -0.121. The van der Waals surface area contributed by atoms with Crippen molar-refractivity contribution < 1.29 is 4.79 Å². The summed E-state index contributed by atoms with van der Waals surface area (Å²) < 4.78 is 3.24. The van der Waals surface area contributed by atoms with E-state index >= 15 is 0 Å². The summed E-state index contributed by atoms with van der Waals surface area (Å²) in [7, 11) is 0. The molecule has 1 amide bonds. The summed E-state index contributed by atoms with van der Waals surface area (Å²) in [5, 5.41) is 13.0. The highest BCUT2D eigenvalue weighted by molar-refractivity contribution is 5.83. The van der Waals surface area contributed by atoms with Crippen molar-refractivity contribution in [1.82, 2.24) is 24.9 Å². The Morgan fingerprint density at radius 2 is 1.71 bits per heavy atom. The molecule has 1 unspecified atom stereocenters. The van der Waals surface area contributed by atoms with Crippen molar-refractivity contribution >= 4 is 16.8 Å². The summed E-state index contributed by atoms with van der Waals surface area (Å²) in [6.45, 7) is 8.29. The molecule has 35 heavy (non-hydrogen) atoms. The van der Waals surface area contributed by atoms with Gasteiger partial charge in [-0.05, 0) is 64.7 Å². The quantitative estimate of drug-likeness (QED) is 0.392. The molecule has 182 valence electrons. The van der Waals surface area contributed by atoms with Crippen LogP contribution in [0.4, 0.5) is 0 Å². The van der Waals surface area contributed by atoms with Gasteiger partial charge in [-0.15, -0.1) is 0 Å². The second-order valence-corrected chi connectivity index (χ2v) is 9.27. The van der Waals surface area contributed by atoms with Crippen LogP contribution >= 0.6 is 0 Å². The van der Waals surface area contributed by atoms with E-state index in [1.807, 2.05) is 70.2 Å². The topological polar surface area (TPSA) is 81.8 Å². The number of rotatable bonds is 9. The van der Waals surface area contributed by atoms with Gasteiger partial charge >= 0.3 is 0 Å². The van der Waals surface area contributed by atoms with Crippen LogP contribution in [0.5, 0.6) is 0 Å². The molecule has 0 radical (unpaired) electrons. The number of hydrogen-bond donors (Lipinski definition) is 1. The third kappa shape index (κ3) is 5.67. The Labute approximate surface area is 205 Å². The van der Waals surface area contributed by atoms with Crippen LogP contribution in [-0.2, 0) is 17.8 Å². The molecule has 0 aliphatic heterocycles. The summed E-state index contributed by atoms with van der Waals surface area (Å²) in [4.78, 5) is 25.5. The first-order valence-corrected chi connectivity index (χ1v) is 12.2. The Balaban J connectivity index is 1.38. The molecule has 7 nitrogen and oxygen atoms in total. The fourth-order valence-corrected chi connectivity index (χ4v) is 4.41. The maximum Gasteiger partial charge on any atom is 0.295 e. The molecule has 1 N–H and O–H groups in total. The standard InChI is InChI=1S/C28H33N5O2/c1-19-12-16-24(17-13-19)33-22(4)26-21(3)30-32(28(35)27(26)31-33)18-8-11-25(34)29-20(2)14-15-23-9-6-5-7-10-23/h5-7,9-10,12-13,16-17,20H,8,11,14-15,18H2,1-4H3,(H,29,34). The number of nitrogens with one attached hydrogen (secondary N) is 1. The van der Waals surface area contributed by atoms with Crippen LogP contribution in [0.25, 0.3) is 16.6 Å². The molecular formula is C28H33N5O2. The third-order valence-corrected chi connectivity index (χ3v) is 6.35. The normalized spacial score (nSPS) is 12.1. The second-order valence-electron chi connectivity index (χ2n) is 9.27. The maximum absolute atomic E-state index is 13.1. The van der Waals surface area contributed by atoms with E-state index in [1.54, 1.807) is 4.68 Å². The lowest BCUT2D eigenvalue weighted by Crippen LogP contribution is -2.33. The first kappa shape index (κ1) is 24.4. The molecule has 2 aromatic carbocycles. The fraction of sp³-hybridized carbons (Fsp3) is 0.357. The summed E-state index contributed by atoms with van der Waals surface area (Å²) in [6.07, 6.45) is 2.69. The minimum atomic E-state index is -0.226. The highest BCUT2D eigenvalue weighted by Gasteiger charge is 2.17. The van der Waals surface area contributed by atoms with Gasteiger partial charge in [0.05, 0.1) is 22.5 Å². The van der Waals surface area contributed by atoms with Gasteiger partial charge in [0.25, 0.3) is 5.56 Å². The van der Waals surface area contributed by atoms with Crippen LogP contribution in [0, 0.1) is 20.8 Å². The minimum absolute atomic E-state index is 0.00379. The fourth-order valence-electron chi connectivity index (χ4n) is 4.41. The second kappa shape index (κ2) is 10.7. The van der Waals surface area contributed by atoms with Crippen LogP contribution in [0.1, 0.15) is 48.7 Å². The van der Waals surface area contributed by atoms with Gasteiger partial charge in [0.15, 0.2) is 5.52 Å². The number of hydrogen-bond acceptors (Lipinski definition) is 4. The van der Waals surface area contributed by atoms with Gasteiger partial charge in [0.2, 0.25) is 5.91 Å². The summed E-state index contributed by atoms with van der Waals surface area (Å²) in [5.74, 6) is -0.00379. The molecule has 0 aliphatic rings. The zero-order valence-electron chi connectivity index (χ0n) is 20.9. The third-order valence-electron chi connectivity index (χ3n) is 6.35. The van der Waals surface area contributed by atoms with Gasteiger partial charge in [0.1, 0.15) is 0 Å². The molecule has 4 rings (SSSR count). The van der Waals surface area contributed by atoms with Gasteiger partial charge in [-0.1, -0.05) is 48.0 Å². The number of amides is 1. The first-order chi connectivity index (χ1) is 16.8. The molecule has 0 aliphatic carbocycles. The van der Waals surface area contributed by atoms with Gasteiger partial charge in [-0.3, -0.25) is 9.59 Å². The van der Waals surface area contributed by atoms with Gasteiger partial charge in [-0.2, -0.15) is 10.2 Å². The van der Waals surface area contributed by atoms with Crippen molar-refractivity contribution in [2.24, 2.45) is 0 Å². The number of aryl methyl sites for hydroxylation is 5. The van der Waals surface area contributed by atoms with E-state index in [4.69, 9.17) is 0 Å². The maximum atomic E-state index is 13.1. The largest absolute Gasteiger partial charge is 0.354 e. The van der Waals surface area contributed by atoms with Crippen molar-refractivity contribution in [3.05, 3.63) is 87.5 Å². The number of benzene rings is 2. The number of aromatic nitrogens is 4. The van der Waals surface area contributed by atoms with E-state index < -0.39 is 0 Å². The van der Waals surface area contributed by atoms with E-state index in [0.29, 0.717) is 24.9 Å². The van der Waals surface area contributed by atoms with E-state index in [1.165, 1.54) is 10.2 Å². The van der Waals surface area contributed by atoms with Crippen LogP contribution < -0.4 is 10.9 Å². The Morgan fingerprint density at radius 1 is 1.00 bits per heavy atom. The highest BCUT2D eigenvalue weighted by atomic mass is 16.1. The molecule has 2 heterocycles. The SMILES string of the molecule is Cc1ccc(-n2nc3c(=O)n(CCCC(=O)NC(C)CCc4ccccc4)nc(C)c3c2C)cc1. The van der Waals surface area contributed by atoms with Gasteiger partial charge in [-0.25, -0.2) is 9.36 Å².